The van der Waals surface area contributed by atoms with Gasteiger partial charge in [-0.25, -0.2) is 0 Å². The summed E-state index contributed by atoms with van der Waals surface area (Å²) in [5.74, 6) is 0.849. The molecule has 0 aliphatic heterocycles. The Morgan fingerprint density at radius 2 is 2.12 bits per heavy atom. The minimum Gasteiger partial charge on any atom is -0.270 e. The summed E-state index contributed by atoms with van der Waals surface area (Å²) >= 11 is 11.4. The lowest BCUT2D eigenvalue weighted by Crippen LogP contribution is -1.96. The van der Waals surface area contributed by atoms with Gasteiger partial charge in [-0.05, 0) is 35.0 Å². The first-order valence-electron chi connectivity index (χ1n) is 5.15. The van der Waals surface area contributed by atoms with E-state index in [-0.39, 0.29) is 0 Å². The lowest BCUT2D eigenvalue weighted by molar-refractivity contribution is 0.727. The summed E-state index contributed by atoms with van der Waals surface area (Å²) in [5.41, 5.74) is 2.19. The fourth-order valence-electron chi connectivity index (χ4n) is 1.54. The number of benzene rings is 1. The monoisotopic (exact) mass is 330 g/mol. The smallest absolute Gasteiger partial charge is 0.0738 e. The van der Waals surface area contributed by atoms with Crippen molar-refractivity contribution in [2.24, 2.45) is 7.05 Å². The molecule has 0 aliphatic rings. The molecular formula is C12H12BrClN2S. The maximum absolute atomic E-state index is 6.12. The summed E-state index contributed by atoms with van der Waals surface area (Å²) in [4.78, 5) is 1.10. The van der Waals surface area contributed by atoms with Gasteiger partial charge < -0.3 is 0 Å². The molecule has 2 rings (SSSR count). The molecule has 0 unspecified atom stereocenters. The highest BCUT2D eigenvalue weighted by atomic mass is 79.9. The fraction of sp³-hybridized carbons (Fsp3) is 0.250. The molecule has 0 saturated carbocycles. The van der Waals surface area contributed by atoms with E-state index in [1.165, 1.54) is 5.69 Å². The van der Waals surface area contributed by atoms with Gasteiger partial charge in [-0.1, -0.05) is 23.7 Å². The Morgan fingerprint density at radius 1 is 1.41 bits per heavy atom. The number of aryl methyl sites for hydroxylation is 2. The van der Waals surface area contributed by atoms with Crippen molar-refractivity contribution >= 4 is 39.3 Å². The van der Waals surface area contributed by atoms with E-state index < -0.39 is 0 Å². The number of nitrogens with zero attached hydrogens (tertiary/aromatic N) is 2. The molecule has 0 spiro atoms. The average Bonchev–Trinajstić information content (AvgIpc) is 2.53. The van der Waals surface area contributed by atoms with Gasteiger partial charge in [0.05, 0.1) is 20.9 Å². The highest BCUT2D eigenvalue weighted by Crippen LogP contribution is 2.32. The van der Waals surface area contributed by atoms with Crippen LogP contribution in [-0.4, -0.2) is 9.78 Å². The summed E-state index contributed by atoms with van der Waals surface area (Å²) in [6, 6.07) is 7.88. The standard InChI is InChI=1S/C12H12BrClN2S/c1-8-12(13)10(16(2)15-8)7-17-11-6-4-3-5-9(11)14/h3-6H,7H2,1-2H3. The molecule has 1 aromatic heterocycles. The fourth-order valence-corrected chi connectivity index (χ4v) is 3.51. The van der Waals surface area contributed by atoms with E-state index in [1.54, 1.807) is 11.8 Å². The lowest BCUT2D eigenvalue weighted by Gasteiger charge is -2.05. The molecule has 0 amide bonds. The van der Waals surface area contributed by atoms with E-state index in [0.29, 0.717) is 0 Å². The Labute approximate surface area is 118 Å². The number of halogens is 2. The zero-order valence-electron chi connectivity index (χ0n) is 9.58. The van der Waals surface area contributed by atoms with Crippen molar-refractivity contribution in [1.29, 1.82) is 0 Å². The van der Waals surface area contributed by atoms with E-state index in [0.717, 1.165) is 25.8 Å². The molecular weight excluding hydrogens is 320 g/mol. The van der Waals surface area contributed by atoms with Gasteiger partial charge >= 0.3 is 0 Å². The van der Waals surface area contributed by atoms with Gasteiger partial charge in [0.2, 0.25) is 0 Å². The largest absolute Gasteiger partial charge is 0.270 e. The van der Waals surface area contributed by atoms with Crippen LogP contribution in [0.2, 0.25) is 5.02 Å². The molecule has 0 aliphatic carbocycles. The maximum Gasteiger partial charge on any atom is 0.0738 e. The third-order valence-electron chi connectivity index (χ3n) is 2.46. The van der Waals surface area contributed by atoms with Crippen LogP contribution in [0.5, 0.6) is 0 Å². The number of hydrogen-bond donors (Lipinski definition) is 0. The van der Waals surface area contributed by atoms with E-state index in [4.69, 9.17) is 11.6 Å². The molecule has 1 heterocycles. The molecule has 0 fully saturated rings. The second-order valence-corrected chi connectivity index (χ2v) is 5.91. The lowest BCUT2D eigenvalue weighted by atomic mass is 10.4. The number of hydrogen-bond acceptors (Lipinski definition) is 2. The summed E-state index contributed by atoms with van der Waals surface area (Å²) in [5, 5.41) is 5.17. The van der Waals surface area contributed by atoms with Gasteiger partial charge in [0.1, 0.15) is 0 Å². The van der Waals surface area contributed by atoms with Crippen LogP contribution in [0.4, 0.5) is 0 Å². The third kappa shape index (κ3) is 2.87. The summed E-state index contributed by atoms with van der Waals surface area (Å²) in [7, 11) is 1.96. The van der Waals surface area contributed by atoms with Crippen molar-refractivity contribution < 1.29 is 0 Å². The van der Waals surface area contributed by atoms with E-state index in [1.807, 2.05) is 42.9 Å². The van der Waals surface area contributed by atoms with Crippen LogP contribution in [0.1, 0.15) is 11.4 Å². The van der Waals surface area contributed by atoms with E-state index in [2.05, 4.69) is 21.0 Å². The van der Waals surface area contributed by atoms with E-state index >= 15 is 0 Å². The molecule has 90 valence electrons. The Bertz CT molecular complexity index is 539. The zero-order chi connectivity index (χ0) is 12.4. The van der Waals surface area contributed by atoms with Crippen LogP contribution >= 0.6 is 39.3 Å². The van der Waals surface area contributed by atoms with Crippen molar-refractivity contribution in [2.75, 3.05) is 0 Å². The van der Waals surface area contributed by atoms with Crippen molar-refractivity contribution in [3.8, 4) is 0 Å². The number of aromatic nitrogens is 2. The normalized spacial score (nSPS) is 10.8. The molecule has 2 aromatic rings. The maximum atomic E-state index is 6.12. The van der Waals surface area contributed by atoms with Gasteiger partial charge in [0.25, 0.3) is 0 Å². The first kappa shape index (κ1) is 13.0. The number of thioether (sulfide) groups is 1. The summed E-state index contributed by atoms with van der Waals surface area (Å²) < 4.78 is 2.99. The van der Waals surface area contributed by atoms with Gasteiger partial charge in [0, 0.05) is 17.7 Å². The topological polar surface area (TPSA) is 17.8 Å². The summed E-state index contributed by atoms with van der Waals surface area (Å²) in [6.45, 7) is 1.99. The van der Waals surface area contributed by atoms with Crippen molar-refractivity contribution in [3.63, 3.8) is 0 Å². The predicted molar refractivity (Wildman–Crippen MR) is 76.7 cm³/mol. The highest BCUT2D eigenvalue weighted by Gasteiger charge is 2.11. The predicted octanol–water partition coefficient (Wildman–Crippen LogP) is 4.44. The average molecular weight is 332 g/mol. The third-order valence-corrected chi connectivity index (χ3v) is 5.02. The second kappa shape index (κ2) is 5.46. The van der Waals surface area contributed by atoms with Crippen LogP contribution in [0.3, 0.4) is 0 Å². The van der Waals surface area contributed by atoms with Crippen molar-refractivity contribution in [2.45, 2.75) is 17.6 Å². The molecule has 5 heteroatoms. The molecule has 0 bridgehead atoms. The first-order valence-corrected chi connectivity index (χ1v) is 7.30. The van der Waals surface area contributed by atoms with Crippen molar-refractivity contribution in [1.82, 2.24) is 9.78 Å². The van der Waals surface area contributed by atoms with Crippen LogP contribution in [0, 0.1) is 6.92 Å². The molecule has 0 saturated heterocycles. The van der Waals surface area contributed by atoms with Crippen LogP contribution < -0.4 is 0 Å². The minimum absolute atomic E-state index is 0.799. The van der Waals surface area contributed by atoms with Crippen LogP contribution in [-0.2, 0) is 12.8 Å². The van der Waals surface area contributed by atoms with Gasteiger partial charge in [-0.2, -0.15) is 5.10 Å². The van der Waals surface area contributed by atoms with E-state index in [9.17, 15) is 0 Å². The SMILES string of the molecule is Cc1nn(C)c(CSc2ccccc2Cl)c1Br. The van der Waals surface area contributed by atoms with Crippen molar-refractivity contribution in [3.05, 3.63) is 45.1 Å². The molecule has 0 radical (unpaired) electrons. The number of rotatable bonds is 3. The quantitative estimate of drug-likeness (QED) is 0.774. The Hall–Kier alpha value is -0.450. The second-order valence-electron chi connectivity index (χ2n) is 3.69. The molecule has 2 nitrogen and oxygen atoms in total. The minimum atomic E-state index is 0.799. The Morgan fingerprint density at radius 3 is 2.71 bits per heavy atom. The summed E-state index contributed by atoms with van der Waals surface area (Å²) in [6.07, 6.45) is 0. The molecule has 1 aromatic carbocycles. The zero-order valence-corrected chi connectivity index (χ0v) is 12.7. The first-order chi connectivity index (χ1) is 8.09. The Kier molecular flexibility index (Phi) is 4.17. The van der Waals surface area contributed by atoms with Crippen LogP contribution in [0.15, 0.2) is 33.6 Å². The van der Waals surface area contributed by atoms with Gasteiger partial charge in [-0.15, -0.1) is 11.8 Å². The van der Waals surface area contributed by atoms with Gasteiger partial charge in [0.15, 0.2) is 0 Å². The van der Waals surface area contributed by atoms with Crippen LogP contribution in [0.25, 0.3) is 0 Å². The molecule has 0 atom stereocenters. The molecule has 0 N–H and O–H groups in total. The highest BCUT2D eigenvalue weighted by molar-refractivity contribution is 9.10. The Balaban J connectivity index is 2.15. The van der Waals surface area contributed by atoms with Gasteiger partial charge in [-0.3, -0.25) is 4.68 Å². The molecule has 17 heavy (non-hydrogen) atoms.